The minimum Gasteiger partial charge on any atom is -0.496 e. The highest BCUT2D eigenvalue weighted by Gasteiger charge is 2.07. The van der Waals surface area contributed by atoms with Crippen molar-refractivity contribution in [3.8, 4) is 5.75 Å². The Morgan fingerprint density at radius 1 is 1.24 bits per heavy atom. The second-order valence-corrected chi connectivity index (χ2v) is 5.29. The Kier molecular flexibility index (Phi) is 3.49. The maximum atomic E-state index is 11.9. The molecular formula is C14H12N4O2S. The van der Waals surface area contributed by atoms with Gasteiger partial charge in [-0.2, -0.15) is 9.61 Å². The van der Waals surface area contributed by atoms with Crippen LogP contribution in [-0.4, -0.2) is 26.9 Å². The molecule has 1 aromatic carbocycles. The quantitative estimate of drug-likeness (QED) is 0.740. The third-order valence-corrected chi connectivity index (χ3v) is 3.77. The lowest BCUT2D eigenvalue weighted by Crippen LogP contribution is -2.19. The molecule has 0 radical (unpaired) electrons. The lowest BCUT2D eigenvalue weighted by molar-refractivity contribution is 0.414. The number of aromatic nitrogens is 4. The molecule has 0 N–H and O–H groups in total. The van der Waals surface area contributed by atoms with Crippen molar-refractivity contribution >= 4 is 28.4 Å². The molecule has 0 aliphatic rings. The molecule has 0 spiro atoms. The maximum absolute atomic E-state index is 11.9. The monoisotopic (exact) mass is 300 g/mol. The van der Waals surface area contributed by atoms with E-state index in [1.54, 1.807) is 14.0 Å². The van der Waals surface area contributed by atoms with Gasteiger partial charge in [-0.1, -0.05) is 29.5 Å². The van der Waals surface area contributed by atoms with Gasteiger partial charge in [0.25, 0.3) is 5.56 Å². The largest absolute Gasteiger partial charge is 0.496 e. The first kappa shape index (κ1) is 13.4. The molecule has 2 aromatic heterocycles. The summed E-state index contributed by atoms with van der Waals surface area (Å²) in [5.41, 5.74) is 1.03. The Morgan fingerprint density at radius 2 is 2.05 bits per heavy atom. The lowest BCUT2D eigenvalue weighted by Gasteiger charge is -2.02. The van der Waals surface area contributed by atoms with E-state index in [2.05, 4.69) is 15.3 Å². The molecule has 0 bridgehead atoms. The average Bonchev–Trinajstić information content (AvgIpc) is 2.93. The van der Waals surface area contributed by atoms with Crippen LogP contribution in [0.1, 0.15) is 16.3 Å². The van der Waals surface area contributed by atoms with Crippen LogP contribution in [0, 0.1) is 6.92 Å². The van der Waals surface area contributed by atoms with Crippen LogP contribution >= 0.6 is 11.3 Å². The molecule has 2 heterocycles. The van der Waals surface area contributed by atoms with E-state index in [1.165, 1.54) is 15.9 Å². The maximum Gasteiger partial charge on any atom is 0.296 e. The third-order valence-electron chi connectivity index (χ3n) is 2.91. The number of hydrogen-bond donors (Lipinski definition) is 0. The summed E-state index contributed by atoms with van der Waals surface area (Å²) in [6.07, 6.45) is 3.72. The Hall–Kier alpha value is -2.54. The van der Waals surface area contributed by atoms with E-state index >= 15 is 0 Å². The number of ether oxygens (including phenoxy) is 1. The summed E-state index contributed by atoms with van der Waals surface area (Å²) in [6, 6.07) is 7.67. The number of rotatable bonds is 3. The van der Waals surface area contributed by atoms with E-state index < -0.39 is 0 Å². The molecule has 106 valence electrons. The smallest absolute Gasteiger partial charge is 0.296 e. The molecule has 21 heavy (non-hydrogen) atoms. The van der Waals surface area contributed by atoms with Crippen molar-refractivity contribution in [2.24, 2.45) is 0 Å². The zero-order valence-corrected chi connectivity index (χ0v) is 12.3. The predicted octanol–water partition coefficient (Wildman–Crippen LogP) is 2.03. The van der Waals surface area contributed by atoms with Crippen molar-refractivity contribution in [2.45, 2.75) is 6.92 Å². The first-order valence-electron chi connectivity index (χ1n) is 6.23. The average molecular weight is 300 g/mol. The summed E-state index contributed by atoms with van der Waals surface area (Å²) in [6.45, 7) is 1.62. The molecule has 0 amide bonds. The zero-order chi connectivity index (χ0) is 14.8. The molecule has 0 aliphatic carbocycles. The highest BCUT2D eigenvalue weighted by molar-refractivity contribution is 7.17. The molecule has 6 nitrogen and oxygen atoms in total. The first-order valence-corrected chi connectivity index (χ1v) is 7.05. The van der Waals surface area contributed by atoms with E-state index in [1.807, 2.05) is 36.4 Å². The molecule has 0 aliphatic heterocycles. The second-order valence-electron chi connectivity index (χ2n) is 4.30. The van der Waals surface area contributed by atoms with Gasteiger partial charge in [0.15, 0.2) is 0 Å². The highest BCUT2D eigenvalue weighted by atomic mass is 32.1. The fourth-order valence-corrected chi connectivity index (χ4v) is 2.58. The van der Waals surface area contributed by atoms with Crippen LogP contribution in [0.4, 0.5) is 0 Å². The Morgan fingerprint density at radius 3 is 2.86 bits per heavy atom. The molecular weight excluding hydrogens is 288 g/mol. The summed E-state index contributed by atoms with van der Waals surface area (Å²) >= 11 is 1.30. The first-order chi connectivity index (χ1) is 10.2. The van der Waals surface area contributed by atoms with Crippen LogP contribution in [0.3, 0.4) is 0 Å². The molecule has 3 aromatic rings. The standard InChI is InChI=1S/C14H12N4O2S/c1-9-13(19)18-14(16-15-9)21-12(17-18)8-7-10-5-3-4-6-11(10)20-2/h3-8H,1-2H3/b8-7-. The van der Waals surface area contributed by atoms with Gasteiger partial charge in [0.05, 0.1) is 7.11 Å². The summed E-state index contributed by atoms with van der Waals surface area (Å²) in [5, 5.41) is 12.7. The number of fused-ring (bicyclic) bond motifs is 1. The molecule has 0 unspecified atom stereocenters. The number of methoxy groups -OCH3 is 1. The van der Waals surface area contributed by atoms with Gasteiger partial charge in [-0.3, -0.25) is 4.79 Å². The summed E-state index contributed by atoms with van der Waals surface area (Å²) in [4.78, 5) is 12.4. The predicted molar refractivity (Wildman–Crippen MR) is 81.6 cm³/mol. The fraction of sp³-hybridized carbons (Fsp3) is 0.143. The van der Waals surface area contributed by atoms with E-state index in [-0.39, 0.29) is 5.56 Å². The Bertz CT molecular complexity index is 882. The van der Waals surface area contributed by atoms with E-state index in [4.69, 9.17) is 4.74 Å². The minimum atomic E-state index is -0.242. The molecule has 0 saturated heterocycles. The zero-order valence-electron chi connectivity index (χ0n) is 11.5. The van der Waals surface area contributed by atoms with Crippen molar-refractivity contribution in [3.63, 3.8) is 0 Å². The molecule has 0 atom stereocenters. The van der Waals surface area contributed by atoms with E-state index in [0.29, 0.717) is 15.7 Å². The van der Waals surface area contributed by atoms with Crippen LogP contribution in [0.25, 0.3) is 17.1 Å². The van der Waals surface area contributed by atoms with Crippen molar-refractivity contribution in [1.29, 1.82) is 0 Å². The van der Waals surface area contributed by atoms with Crippen LogP contribution in [0.5, 0.6) is 5.75 Å². The van der Waals surface area contributed by atoms with Gasteiger partial charge < -0.3 is 4.74 Å². The lowest BCUT2D eigenvalue weighted by atomic mass is 10.2. The van der Waals surface area contributed by atoms with Gasteiger partial charge >= 0.3 is 0 Å². The normalized spacial score (nSPS) is 11.3. The van der Waals surface area contributed by atoms with Gasteiger partial charge in [0.1, 0.15) is 16.5 Å². The highest BCUT2D eigenvalue weighted by Crippen LogP contribution is 2.21. The van der Waals surface area contributed by atoms with Crippen molar-refractivity contribution in [1.82, 2.24) is 19.8 Å². The summed E-state index contributed by atoms with van der Waals surface area (Å²) in [5.74, 6) is 0.780. The second kappa shape index (κ2) is 5.45. The van der Waals surface area contributed by atoms with E-state index in [9.17, 15) is 4.79 Å². The third kappa shape index (κ3) is 2.55. The van der Waals surface area contributed by atoms with Crippen LogP contribution in [0.15, 0.2) is 29.1 Å². The van der Waals surface area contributed by atoms with Gasteiger partial charge in [0, 0.05) is 5.56 Å². The topological polar surface area (TPSA) is 69.4 Å². The van der Waals surface area contributed by atoms with Crippen molar-refractivity contribution in [3.05, 3.63) is 50.9 Å². The minimum absolute atomic E-state index is 0.242. The fourth-order valence-electron chi connectivity index (χ4n) is 1.84. The Balaban J connectivity index is 2.00. The van der Waals surface area contributed by atoms with E-state index in [0.717, 1.165) is 11.3 Å². The number of benzene rings is 1. The van der Waals surface area contributed by atoms with Crippen LogP contribution in [-0.2, 0) is 0 Å². The number of aryl methyl sites for hydroxylation is 1. The number of nitrogens with zero attached hydrogens (tertiary/aromatic N) is 4. The molecule has 7 heteroatoms. The van der Waals surface area contributed by atoms with Crippen LogP contribution < -0.4 is 10.3 Å². The summed E-state index contributed by atoms with van der Waals surface area (Å²) < 4.78 is 6.55. The van der Waals surface area contributed by atoms with Crippen molar-refractivity contribution in [2.75, 3.05) is 7.11 Å². The molecule has 0 saturated carbocycles. The SMILES string of the molecule is COc1ccccc1/C=C\c1nn2c(=O)c(C)nnc2s1. The van der Waals surface area contributed by atoms with Crippen molar-refractivity contribution < 1.29 is 4.74 Å². The van der Waals surface area contributed by atoms with Gasteiger partial charge in [-0.05, 0) is 25.1 Å². The number of para-hydroxylation sites is 1. The Labute approximate surface area is 124 Å². The number of hydrogen-bond acceptors (Lipinski definition) is 6. The molecule has 0 fully saturated rings. The summed E-state index contributed by atoms with van der Waals surface area (Å²) in [7, 11) is 1.63. The van der Waals surface area contributed by atoms with Gasteiger partial charge in [0.2, 0.25) is 4.96 Å². The molecule has 3 rings (SSSR count). The van der Waals surface area contributed by atoms with Gasteiger partial charge in [-0.25, -0.2) is 0 Å². The van der Waals surface area contributed by atoms with Gasteiger partial charge in [-0.15, -0.1) is 10.2 Å². The van der Waals surface area contributed by atoms with Crippen LogP contribution in [0.2, 0.25) is 0 Å².